The summed E-state index contributed by atoms with van der Waals surface area (Å²) in [7, 11) is 0. The summed E-state index contributed by atoms with van der Waals surface area (Å²) in [6.45, 7) is 0. The molecule has 0 atom stereocenters. The minimum absolute atomic E-state index is 0.671. The summed E-state index contributed by atoms with van der Waals surface area (Å²) in [5, 5.41) is 1.20. The second kappa shape index (κ2) is 11.2. The number of para-hydroxylation sites is 3. The van der Waals surface area contributed by atoms with Crippen LogP contribution in [-0.4, -0.2) is 24.3 Å². The van der Waals surface area contributed by atoms with Gasteiger partial charge in [-0.2, -0.15) is 0 Å². The molecule has 0 amide bonds. The number of fused-ring (bicyclic) bond motifs is 5. The number of nitrogens with zero attached hydrogens (tertiary/aromatic N) is 5. The lowest BCUT2D eigenvalue weighted by Gasteiger charge is -2.11. The van der Waals surface area contributed by atoms with Crippen molar-refractivity contribution < 1.29 is 0 Å². The van der Waals surface area contributed by atoms with Crippen LogP contribution in [0, 0.1) is 0 Å². The van der Waals surface area contributed by atoms with Crippen LogP contribution in [0.2, 0.25) is 0 Å². The Labute approximate surface area is 271 Å². The molecule has 4 aromatic heterocycles. The highest BCUT2D eigenvalue weighted by Gasteiger charge is 2.17. The first-order valence-corrected chi connectivity index (χ1v) is 15.6. The van der Waals surface area contributed by atoms with E-state index in [1.165, 1.54) is 16.5 Å². The molecule has 0 saturated carbocycles. The number of hydrogen-bond acceptors (Lipinski definition) is 4. The van der Waals surface area contributed by atoms with Crippen molar-refractivity contribution >= 4 is 27.5 Å². The average molecular weight is 602 g/mol. The summed E-state index contributed by atoms with van der Waals surface area (Å²) in [6.07, 6.45) is 3.80. The first-order valence-electron chi connectivity index (χ1n) is 15.6. The minimum Gasteiger partial charge on any atom is -0.306 e. The zero-order valence-electron chi connectivity index (χ0n) is 25.3. The molecule has 47 heavy (non-hydrogen) atoms. The number of aromatic nitrogens is 5. The van der Waals surface area contributed by atoms with Crippen molar-refractivity contribution in [2.45, 2.75) is 0 Å². The smallest absolute Gasteiger partial charge is 0.160 e. The predicted molar refractivity (Wildman–Crippen MR) is 191 cm³/mol. The molecule has 0 fully saturated rings. The highest BCUT2D eigenvalue weighted by Crippen LogP contribution is 2.39. The molecular weight excluding hydrogens is 574 g/mol. The van der Waals surface area contributed by atoms with Crippen LogP contribution in [0.25, 0.3) is 83.7 Å². The second-order valence-electron chi connectivity index (χ2n) is 11.6. The molecule has 0 spiro atoms. The molecule has 0 N–H and O–H groups in total. The normalized spacial score (nSPS) is 11.4. The average Bonchev–Trinajstić information content (AvgIpc) is 3.50. The Hall–Kier alpha value is -6.46. The maximum absolute atomic E-state index is 5.04. The van der Waals surface area contributed by atoms with Gasteiger partial charge in [0.1, 0.15) is 0 Å². The highest BCUT2D eigenvalue weighted by atomic mass is 14.9. The Morgan fingerprint density at radius 1 is 0.404 bits per heavy atom. The predicted octanol–water partition coefficient (Wildman–Crippen LogP) is 10.2. The molecule has 0 unspecified atom stereocenters. The maximum atomic E-state index is 5.04. The van der Waals surface area contributed by atoms with E-state index in [0.717, 1.165) is 61.4 Å². The van der Waals surface area contributed by atoms with Crippen LogP contribution in [-0.2, 0) is 0 Å². The van der Waals surface area contributed by atoms with Gasteiger partial charge in [-0.25, -0.2) is 9.97 Å². The number of benzene rings is 5. The third-order valence-corrected chi connectivity index (χ3v) is 8.69. The van der Waals surface area contributed by atoms with Gasteiger partial charge in [0.15, 0.2) is 5.82 Å². The Morgan fingerprint density at radius 2 is 1.06 bits per heavy atom. The summed E-state index contributed by atoms with van der Waals surface area (Å²) in [6, 6.07) is 52.3. The lowest BCUT2D eigenvalue weighted by atomic mass is 9.96. The van der Waals surface area contributed by atoms with E-state index in [-0.39, 0.29) is 0 Å². The number of hydrogen-bond donors (Lipinski definition) is 0. The van der Waals surface area contributed by atoms with Crippen LogP contribution < -0.4 is 0 Å². The molecule has 4 heterocycles. The lowest BCUT2D eigenvalue weighted by molar-refractivity contribution is 1.16. The van der Waals surface area contributed by atoms with Crippen molar-refractivity contribution in [3.63, 3.8) is 0 Å². The first kappa shape index (κ1) is 26.9. The molecule has 5 aromatic carbocycles. The van der Waals surface area contributed by atoms with Gasteiger partial charge in [0, 0.05) is 28.3 Å². The Bertz CT molecular complexity index is 2510. The Balaban J connectivity index is 1.18. The van der Waals surface area contributed by atoms with Crippen LogP contribution in [0.5, 0.6) is 0 Å². The van der Waals surface area contributed by atoms with Crippen LogP contribution in [0.4, 0.5) is 0 Å². The van der Waals surface area contributed by atoms with Crippen LogP contribution in [0.3, 0.4) is 0 Å². The van der Waals surface area contributed by atoms with Gasteiger partial charge in [-0.05, 0) is 65.2 Å². The number of pyridine rings is 1. The van der Waals surface area contributed by atoms with Crippen LogP contribution in [0.1, 0.15) is 0 Å². The second-order valence-corrected chi connectivity index (χ2v) is 11.6. The van der Waals surface area contributed by atoms with Crippen LogP contribution in [0.15, 0.2) is 164 Å². The SMILES string of the molecule is c1ccc(-c2nc(-c3cccc(-c4cccc(-c5c6ccccc6n6c5cnc5ccccc56)c4)c3)cc(-c3ccccn3)n2)cc1. The molecule has 9 rings (SSSR count). The van der Waals surface area contributed by atoms with Crippen molar-refractivity contribution in [2.24, 2.45) is 0 Å². The highest BCUT2D eigenvalue weighted by molar-refractivity contribution is 6.08. The topological polar surface area (TPSA) is 56.0 Å². The molecule has 5 heteroatoms. The molecule has 220 valence electrons. The Kier molecular flexibility index (Phi) is 6.39. The summed E-state index contributed by atoms with van der Waals surface area (Å²) < 4.78 is 2.33. The van der Waals surface area contributed by atoms with E-state index in [1.54, 1.807) is 6.20 Å². The molecule has 0 aliphatic heterocycles. The minimum atomic E-state index is 0.671. The molecule has 0 bridgehead atoms. The molecule has 0 radical (unpaired) electrons. The fourth-order valence-corrected chi connectivity index (χ4v) is 6.51. The van der Waals surface area contributed by atoms with E-state index in [0.29, 0.717) is 5.82 Å². The summed E-state index contributed by atoms with van der Waals surface area (Å²) >= 11 is 0. The van der Waals surface area contributed by atoms with Gasteiger partial charge in [-0.1, -0.05) is 103 Å². The van der Waals surface area contributed by atoms with Gasteiger partial charge in [-0.15, -0.1) is 0 Å². The van der Waals surface area contributed by atoms with E-state index in [4.69, 9.17) is 15.0 Å². The van der Waals surface area contributed by atoms with Gasteiger partial charge in [0.05, 0.1) is 45.3 Å². The van der Waals surface area contributed by atoms with Crippen molar-refractivity contribution in [3.05, 3.63) is 164 Å². The fourth-order valence-electron chi connectivity index (χ4n) is 6.51. The van der Waals surface area contributed by atoms with Gasteiger partial charge in [0.25, 0.3) is 0 Å². The van der Waals surface area contributed by atoms with Gasteiger partial charge in [-0.3, -0.25) is 9.97 Å². The largest absolute Gasteiger partial charge is 0.306 e. The van der Waals surface area contributed by atoms with E-state index in [9.17, 15) is 0 Å². The maximum Gasteiger partial charge on any atom is 0.160 e. The molecule has 0 aliphatic carbocycles. The molecule has 0 saturated heterocycles. The monoisotopic (exact) mass is 601 g/mol. The zero-order chi connectivity index (χ0) is 31.2. The van der Waals surface area contributed by atoms with Crippen molar-refractivity contribution in [3.8, 4) is 56.3 Å². The third-order valence-electron chi connectivity index (χ3n) is 8.69. The van der Waals surface area contributed by atoms with Crippen molar-refractivity contribution in [1.29, 1.82) is 0 Å². The Morgan fingerprint density at radius 3 is 1.89 bits per heavy atom. The third kappa shape index (κ3) is 4.73. The van der Waals surface area contributed by atoms with E-state index in [2.05, 4.69) is 100 Å². The van der Waals surface area contributed by atoms with Gasteiger partial charge in [0.2, 0.25) is 0 Å². The van der Waals surface area contributed by atoms with E-state index >= 15 is 0 Å². The summed E-state index contributed by atoms with van der Waals surface area (Å²) in [5.41, 5.74) is 13.3. The summed E-state index contributed by atoms with van der Waals surface area (Å²) in [5.74, 6) is 0.671. The molecular formula is C42H27N5. The van der Waals surface area contributed by atoms with Crippen molar-refractivity contribution in [2.75, 3.05) is 0 Å². The summed E-state index contributed by atoms with van der Waals surface area (Å²) in [4.78, 5) is 19.4. The van der Waals surface area contributed by atoms with Gasteiger partial charge < -0.3 is 4.40 Å². The molecule has 0 aliphatic rings. The quantitative estimate of drug-likeness (QED) is 0.197. The lowest BCUT2D eigenvalue weighted by Crippen LogP contribution is -1.97. The van der Waals surface area contributed by atoms with Gasteiger partial charge >= 0.3 is 0 Å². The number of rotatable bonds is 5. The first-order chi connectivity index (χ1) is 23.3. The molecule has 9 aromatic rings. The van der Waals surface area contributed by atoms with E-state index in [1.807, 2.05) is 66.9 Å². The van der Waals surface area contributed by atoms with E-state index < -0.39 is 0 Å². The molecule has 5 nitrogen and oxygen atoms in total. The van der Waals surface area contributed by atoms with Crippen molar-refractivity contribution in [1.82, 2.24) is 24.3 Å². The van der Waals surface area contributed by atoms with Crippen LogP contribution >= 0.6 is 0 Å². The standard InChI is InChI=1S/C42H27N5/c1-2-12-28(13-3-1)42-45-36(26-37(46-42)34-19-8-9-23-43-34)31-16-10-14-29(24-31)30-15-11-17-32(25-30)41-33-18-4-6-21-38(33)47-39-22-7-5-20-35(39)44-27-40(41)47/h1-27H. The fraction of sp³-hybridized carbons (Fsp3) is 0. The zero-order valence-corrected chi connectivity index (χ0v) is 25.3.